The topological polar surface area (TPSA) is 136 Å². The van der Waals surface area contributed by atoms with E-state index in [2.05, 4.69) is 20.8 Å². The highest BCUT2D eigenvalue weighted by molar-refractivity contribution is 5.68. The summed E-state index contributed by atoms with van der Waals surface area (Å²) >= 11 is 0. The molecule has 0 aliphatic carbocycles. The molecule has 1 aromatic heterocycles. The minimum atomic E-state index is -1.25. The molecule has 0 unspecified atom stereocenters. The number of hydrogen-bond acceptors (Lipinski definition) is 7. The van der Waals surface area contributed by atoms with E-state index >= 15 is 0 Å². The van der Waals surface area contributed by atoms with Crippen molar-refractivity contribution in [3.63, 3.8) is 0 Å². The third kappa shape index (κ3) is 8.25. The molecule has 2 amide bonds. The molecule has 0 spiro atoms. The molecule has 2 rings (SSSR count). The Morgan fingerprint density at radius 1 is 1.10 bits per heavy atom. The Balaban J connectivity index is 2.09. The van der Waals surface area contributed by atoms with E-state index in [9.17, 15) is 9.59 Å². The van der Waals surface area contributed by atoms with Crippen LogP contribution < -0.4 is 10.6 Å². The first-order valence-electron chi connectivity index (χ1n) is 9.99. The number of benzene rings is 1. The van der Waals surface area contributed by atoms with Gasteiger partial charge in [-0.3, -0.25) is 0 Å². The molecule has 2 aromatic rings. The first-order chi connectivity index (χ1) is 14.5. The zero-order valence-corrected chi connectivity index (χ0v) is 18.4. The van der Waals surface area contributed by atoms with Gasteiger partial charge in [-0.15, -0.1) is 10.2 Å². The Labute approximate surface area is 181 Å². The number of carbonyl (C=O) groups excluding carboxylic acids is 1. The van der Waals surface area contributed by atoms with Gasteiger partial charge in [0.2, 0.25) is 11.8 Å². The molecule has 0 saturated heterocycles. The van der Waals surface area contributed by atoms with Crippen molar-refractivity contribution in [3.8, 4) is 0 Å². The number of rotatable bonds is 9. The predicted octanol–water partition coefficient (Wildman–Crippen LogP) is 3.82. The van der Waals surface area contributed by atoms with E-state index < -0.39 is 29.9 Å². The summed E-state index contributed by atoms with van der Waals surface area (Å²) < 4.78 is 16.6. The summed E-state index contributed by atoms with van der Waals surface area (Å²) in [4.78, 5) is 23.4. The number of carboxylic acid groups (broad SMARTS) is 1. The van der Waals surface area contributed by atoms with Gasteiger partial charge in [0.05, 0.1) is 13.2 Å². The van der Waals surface area contributed by atoms with Crippen LogP contribution in [0.4, 0.5) is 9.59 Å². The second-order valence-corrected chi connectivity index (χ2v) is 8.35. The van der Waals surface area contributed by atoms with Gasteiger partial charge in [0.1, 0.15) is 17.7 Å². The number of nitrogens with zero attached hydrogens (tertiary/aromatic N) is 2. The van der Waals surface area contributed by atoms with Crippen molar-refractivity contribution in [2.24, 2.45) is 5.92 Å². The highest BCUT2D eigenvalue weighted by Crippen LogP contribution is 2.23. The van der Waals surface area contributed by atoms with Crippen LogP contribution >= 0.6 is 0 Å². The van der Waals surface area contributed by atoms with Crippen LogP contribution in [0.1, 0.15) is 64.0 Å². The summed E-state index contributed by atoms with van der Waals surface area (Å²) in [5.74, 6) is 0.110. The number of carbonyl (C=O) groups is 2. The third-order valence-electron chi connectivity index (χ3n) is 4.05. The second kappa shape index (κ2) is 10.8. The quantitative estimate of drug-likeness (QED) is 0.542. The van der Waals surface area contributed by atoms with Crippen LogP contribution in [0.3, 0.4) is 0 Å². The standard InChI is InChI=1S/C21H30N4O6/c1-13(2)16(23-20(28)31-21(3,4)5)18-25-24-17(30-18)15(22-19(26)27)12-29-11-14-9-7-6-8-10-14/h6-10,13,15-16,22H,11-12H2,1-5H3,(H,23,28)(H,26,27)/t15-,16-/m0/s1. The van der Waals surface area contributed by atoms with Gasteiger partial charge in [-0.1, -0.05) is 44.2 Å². The van der Waals surface area contributed by atoms with Crippen LogP contribution in [-0.4, -0.2) is 39.7 Å². The predicted molar refractivity (Wildman–Crippen MR) is 111 cm³/mol. The lowest BCUT2D eigenvalue weighted by atomic mass is 10.1. The fourth-order valence-corrected chi connectivity index (χ4v) is 2.65. The Bertz CT molecular complexity index is 847. The monoisotopic (exact) mass is 434 g/mol. The van der Waals surface area contributed by atoms with Crippen molar-refractivity contribution in [3.05, 3.63) is 47.7 Å². The summed E-state index contributed by atoms with van der Waals surface area (Å²) in [7, 11) is 0. The average Bonchev–Trinajstić information content (AvgIpc) is 3.14. The molecule has 31 heavy (non-hydrogen) atoms. The summed E-state index contributed by atoms with van der Waals surface area (Å²) in [6.45, 7) is 9.34. The zero-order valence-electron chi connectivity index (χ0n) is 18.4. The largest absolute Gasteiger partial charge is 0.465 e. The summed E-state index contributed by atoms with van der Waals surface area (Å²) in [5, 5.41) is 22.2. The van der Waals surface area contributed by atoms with E-state index in [-0.39, 0.29) is 24.3 Å². The summed E-state index contributed by atoms with van der Waals surface area (Å²) in [6.07, 6.45) is -1.86. The molecule has 3 N–H and O–H groups in total. The molecule has 2 atom stereocenters. The van der Waals surface area contributed by atoms with Gasteiger partial charge in [-0.05, 0) is 32.3 Å². The molecular weight excluding hydrogens is 404 g/mol. The minimum Gasteiger partial charge on any atom is -0.465 e. The third-order valence-corrected chi connectivity index (χ3v) is 4.05. The van der Waals surface area contributed by atoms with Crippen LogP contribution in [0.2, 0.25) is 0 Å². The van der Waals surface area contributed by atoms with E-state index in [1.807, 2.05) is 44.2 Å². The van der Waals surface area contributed by atoms with Crippen LogP contribution in [0.5, 0.6) is 0 Å². The molecule has 0 radical (unpaired) electrons. The molecule has 0 fully saturated rings. The molecule has 0 bridgehead atoms. The Morgan fingerprint density at radius 2 is 1.74 bits per heavy atom. The number of aromatic nitrogens is 2. The molecule has 1 heterocycles. The Kier molecular flexibility index (Phi) is 8.38. The van der Waals surface area contributed by atoms with Gasteiger partial charge in [0.15, 0.2) is 0 Å². The number of hydrogen-bond donors (Lipinski definition) is 3. The fourth-order valence-electron chi connectivity index (χ4n) is 2.65. The average molecular weight is 434 g/mol. The molecule has 10 heteroatoms. The molecule has 0 aliphatic heterocycles. The maximum absolute atomic E-state index is 12.2. The van der Waals surface area contributed by atoms with Crippen molar-refractivity contribution in [2.45, 2.75) is 58.9 Å². The number of amides is 2. The van der Waals surface area contributed by atoms with Gasteiger partial charge < -0.3 is 29.6 Å². The number of nitrogens with one attached hydrogen (secondary N) is 2. The molecule has 0 saturated carbocycles. The highest BCUT2D eigenvalue weighted by atomic mass is 16.6. The lowest BCUT2D eigenvalue weighted by molar-refractivity contribution is 0.0477. The van der Waals surface area contributed by atoms with Gasteiger partial charge in [0, 0.05) is 0 Å². The Morgan fingerprint density at radius 3 is 2.32 bits per heavy atom. The van der Waals surface area contributed by atoms with E-state index in [0.717, 1.165) is 5.56 Å². The lowest BCUT2D eigenvalue weighted by Crippen LogP contribution is -2.37. The molecular formula is C21H30N4O6. The van der Waals surface area contributed by atoms with Crippen LogP contribution in [0.15, 0.2) is 34.7 Å². The van der Waals surface area contributed by atoms with E-state index in [1.54, 1.807) is 20.8 Å². The van der Waals surface area contributed by atoms with E-state index in [0.29, 0.717) is 6.61 Å². The van der Waals surface area contributed by atoms with Crippen molar-refractivity contribution in [2.75, 3.05) is 6.61 Å². The van der Waals surface area contributed by atoms with Crippen LogP contribution in [0.25, 0.3) is 0 Å². The van der Waals surface area contributed by atoms with E-state index in [4.69, 9.17) is 19.0 Å². The Hall–Kier alpha value is -3.14. The van der Waals surface area contributed by atoms with Crippen LogP contribution in [0, 0.1) is 5.92 Å². The molecule has 170 valence electrons. The van der Waals surface area contributed by atoms with Gasteiger partial charge in [0.25, 0.3) is 0 Å². The van der Waals surface area contributed by atoms with Gasteiger partial charge in [-0.2, -0.15) is 0 Å². The normalized spacial score (nSPS) is 13.5. The smallest absolute Gasteiger partial charge is 0.408 e. The SMILES string of the molecule is CC(C)[C@H](NC(=O)OC(C)(C)C)c1nnc([C@H](COCc2ccccc2)NC(=O)O)o1. The highest BCUT2D eigenvalue weighted by Gasteiger charge is 2.29. The summed E-state index contributed by atoms with van der Waals surface area (Å²) in [5.41, 5.74) is 0.294. The molecule has 10 nitrogen and oxygen atoms in total. The number of ether oxygens (including phenoxy) is 2. The van der Waals surface area contributed by atoms with Crippen LogP contribution in [-0.2, 0) is 16.1 Å². The molecule has 0 aliphatic rings. The van der Waals surface area contributed by atoms with Gasteiger partial charge in [-0.25, -0.2) is 9.59 Å². The first kappa shape index (κ1) is 24.1. The van der Waals surface area contributed by atoms with Crippen molar-refractivity contribution in [1.29, 1.82) is 0 Å². The van der Waals surface area contributed by atoms with Crippen molar-refractivity contribution < 1.29 is 28.6 Å². The fraction of sp³-hybridized carbons (Fsp3) is 0.524. The summed E-state index contributed by atoms with van der Waals surface area (Å²) in [6, 6.07) is 8.01. The van der Waals surface area contributed by atoms with Gasteiger partial charge >= 0.3 is 12.2 Å². The minimum absolute atomic E-state index is 0.00529. The second-order valence-electron chi connectivity index (χ2n) is 8.35. The first-order valence-corrected chi connectivity index (χ1v) is 9.99. The maximum Gasteiger partial charge on any atom is 0.408 e. The number of alkyl carbamates (subject to hydrolysis) is 1. The van der Waals surface area contributed by atoms with E-state index in [1.165, 1.54) is 0 Å². The zero-order chi connectivity index (χ0) is 23.0. The maximum atomic E-state index is 12.2. The van der Waals surface area contributed by atoms with Crippen molar-refractivity contribution >= 4 is 12.2 Å². The lowest BCUT2D eigenvalue weighted by Gasteiger charge is -2.23. The van der Waals surface area contributed by atoms with Crippen molar-refractivity contribution in [1.82, 2.24) is 20.8 Å². The molecule has 1 aromatic carbocycles.